The van der Waals surface area contributed by atoms with E-state index in [4.69, 9.17) is 4.74 Å². The Morgan fingerprint density at radius 3 is 2.78 bits per heavy atom. The Kier molecular flexibility index (Phi) is 4.46. The van der Waals surface area contributed by atoms with Crippen molar-refractivity contribution in [3.8, 4) is 5.75 Å². The van der Waals surface area contributed by atoms with Crippen molar-refractivity contribution >= 4 is 21.7 Å². The van der Waals surface area contributed by atoms with E-state index in [1.165, 1.54) is 0 Å². The van der Waals surface area contributed by atoms with Crippen molar-refractivity contribution in [2.45, 2.75) is 13.5 Å². The van der Waals surface area contributed by atoms with Gasteiger partial charge in [-0.25, -0.2) is 4.98 Å². The number of ether oxygens (including phenoxy) is 1. The number of anilines is 1. The smallest absolute Gasteiger partial charge is 0.144 e. The summed E-state index contributed by atoms with van der Waals surface area (Å²) in [6.45, 7) is 3.21. The van der Waals surface area contributed by atoms with E-state index in [0.717, 1.165) is 22.5 Å². The van der Waals surface area contributed by atoms with Gasteiger partial charge in [-0.15, -0.1) is 0 Å². The summed E-state index contributed by atoms with van der Waals surface area (Å²) in [5.74, 6) is 1.47. The Balaban J connectivity index is 1.93. The summed E-state index contributed by atoms with van der Waals surface area (Å²) in [6.07, 6.45) is 6.76. The van der Waals surface area contributed by atoms with Gasteiger partial charge in [0, 0.05) is 17.2 Å². The minimum atomic E-state index is 0.373. The molecule has 2 aromatic rings. The summed E-state index contributed by atoms with van der Waals surface area (Å²) in [4.78, 5) is 12.5. The normalized spacial score (nSPS) is 10.1. The molecule has 0 saturated carbocycles. The first-order chi connectivity index (χ1) is 8.78. The van der Waals surface area contributed by atoms with Crippen molar-refractivity contribution in [1.82, 2.24) is 15.0 Å². The highest BCUT2D eigenvalue weighted by atomic mass is 79.9. The third kappa shape index (κ3) is 3.66. The second-order valence-electron chi connectivity index (χ2n) is 3.55. The third-order valence-electron chi connectivity index (χ3n) is 2.13. The standard InChI is InChI=1S/C12H13BrN4O/c1-2-15-12-7-16-10(5-17-12)8-18-11-3-9(13)4-14-6-11/h3-7H,2,8H2,1H3,(H,15,17). The van der Waals surface area contributed by atoms with Crippen molar-refractivity contribution < 1.29 is 4.74 Å². The van der Waals surface area contributed by atoms with Crippen molar-refractivity contribution in [2.75, 3.05) is 11.9 Å². The van der Waals surface area contributed by atoms with Crippen LogP contribution in [0.25, 0.3) is 0 Å². The zero-order chi connectivity index (χ0) is 12.8. The molecule has 0 radical (unpaired) electrons. The predicted octanol–water partition coefficient (Wildman–Crippen LogP) is 2.64. The lowest BCUT2D eigenvalue weighted by atomic mass is 10.4. The molecule has 0 aliphatic rings. The first-order valence-corrected chi connectivity index (χ1v) is 6.35. The fraction of sp³-hybridized carbons (Fsp3) is 0.250. The maximum Gasteiger partial charge on any atom is 0.144 e. The van der Waals surface area contributed by atoms with Gasteiger partial charge in [0.2, 0.25) is 0 Å². The van der Waals surface area contributed by atoms with Crippen LogP contribution in [0.3, 0.4) is 0 Å². The number of rotatable bonds is 5. The van der Waals surface area contributed by atoms with E-state index < -0.39 is 0 Å². The van der Waals surface area contributed by atoms with Crippen LogP contribution < -0.4 is 10.1 Å². The van der Waals surface area contributed by atoms with Crippen LogP contribution >= 0.6 is 15.9 Å². The fourth-order valence-corrected chi connectivity index (χ4v) is 1.67. The van der Waals surface area contributed by atoms with Crippen LogP contribution in [-0.2, 0) is 6.61 Å². The molecule has 0 aliphatic carbocycles. The number of aromatic nitrogens is 3. The molecule has 5 nitrogen and oxygen atoms in total. The molecule has 0 amide bonds. The lowest BCUT2D eigenvalue weighted by Crippen LogP contribution is -2.03. The second-order valence-corrected chi connectivity index (χ2v) is 4.47. The minimum absolute atomic E-state index is 0.373. The average molecular weight is 309 g/mol. The predicted molar refractivity (Wildman–Crippen MR) is 72.5 cm³/mol. The number of nitrogens with zero attached hydrogens (tertiary/aromatic N) is 3. The lowest BCUT2D eigenvalue weighted by Gasteiger charge is -2.06. The van der Waals surface area contributed by atoms with Crippen LogP contribution in [0.1, 0.15) is 12.6 Å². The number of hydrogen-bond acceptors (Lipinski definition) is 5. The Labute approximate surface area is 114 Å². The molecule has 0 bridgehead atoms. The van der Waals surface area contributed by atoms with Crippen molar-refractivity contribution in [1.29, 1.82) is 0 Å². The molecule has 0 fully saturated rings. The molecular formula is C12H13BrN4O. The Morgan fingerprint density at radius 2 is 2.11 bits per heavy atom. The topological polar surface area (TPSA) is 59.9 Å². The average Bonchev–Trinajstić information content (AvgIpc) is 2.38. The summed E-state index contributed by atoms with van der Waals surface area (Å²) in [5.41, 5.74) is 0.775. The molecule has 0 atom stereocenters. The van der Waals surface area contributed by atoms with Gasteiger partial charge in [0.05, 0.1) is 24.3 Å². The molecule has 2 heterocycles. The molecule has 0 unspecified atom stereocenters. The monoisotopic (exact) mass is 308 g/mol. The van der Waals surface area contributed by atoms with Crippen LogP contribution in [0.5, 0.6) is 5.75 Å². The van der Waals surface area contributed by atoms with Crippen molar-refractivity contribution in [2.24, 2.45) is 0 Å². The quantitative estimate of drug-likeness (QED) is 0.920. The number of nitrogens with one attached hydrogen (secondary N) is 1. The molecule has 6 heteroatoms. The highest BCUT2D eigenvalue weighted by Crippen LogP contribution is 2.16. The van der Waals surface area contributed by atoms with E-state index in [2.05, 4.69) is 36.2 Å². The summed E-state index contributed by atoms with van der Waals surface area (Å²) in [7, 11) is 0. The zero-order valence-corrected chi connectivity index (χ0v) is 11.5. The van der Waals surface area contributed by atoms with E-state index in [1.54, 1.807) is 24.8 Å². The zero-order valence-electron chi connectivity index (χ0n) is 9.93. The number of halogens is 1. The molecule has 2 aromatic heterocycles. The van der Waals surface area contributed by atoms with Gasteiger partial charge in [-0.2, -0.15) is 0 Å². The molecule has 18 heavy (non-hydrogen) atoms. The van der Waals surface area contributed by atoms with Crippen LogP contribution in [0, 0.1) is 0 Å². The first kappa shape index (κ1) is 12.8. The highest BCUT2D eigenvalue weighted by molar-refractivity contribution is 9.10. The lowest BCUT2D eigenvalue weighted by molar-refractivity contribution is 0.299. The first-order valence-electron chi connectivity index (χ1n) is 5.56. The van der Waals surface area contributed by atoms with Gasteiger partial charge in [-0.1, -0.05) is 0 Å². The van der Waals surface area contributed by atoms with Gasteiger partial charge in [0.15, 0.2) is 0 Å². The van der Waals surface area contributed by atoms with Gasteiger partial charge in [0.25, 0.3) is 0 Å². The highest BCUT2D eigenvalue weighted by Gasteiger charge is 2.00. The van der Waals surface area contributed by atoms with Gasteiger partial charge < -0.3 is 10.1 Å². The number of pyridine rings is 1. The molecule has 0 aliphatic heterocycles. The molecule has 2 rings (SSSR count). The molecule has 0 aromatic carbocycles. The largest absolute Gasteiger partial charge is 0.486 e. The van der Waals surface area contributed by atoms with Gasteiger partial charge in [-0.3, -0.25) is 9.97 Å². The van der Waals surface area contributed by atoms with E-state index in [-0.39, 0.29) is 0 Å². The Bertz CT molecular complexity index is 504. The maximum atomic E-state index is 5.56. The molecule has 1 N–H and O–H groups in total. The molecule has 0 saturated heterocycles. The van der Waals surface area contributed by atoms with Crippen LogP contribution in [0.15, 0.2) is 35.3 Å². The Hall–Kier alpha value is -1.69. The molecule has 94 valence electrons. The second kappa shape index (κ2) is 6.30. The summed E-state index contributed by atoms with van der Waals surface area (Å²) < 4.78 is 6.44. The van der Waals surface area contributed by atoms with Gasteiger partial charge >= 0.3 is 0 Å². The summed E-state index contributed by atoms with van der Waals surface area (Å²) in [6, 6.07) is 1.85. The molecule has 0 spiro atoms. The third-order valence-corrected chi connectivity index (χ3v) is 2.56. The van der Waals surface area contributed by atoms with E-state index in [0.29, 0.717) is 12.4 Å². The van der Waals surface area contributed by atoms with E-state index in [1.807, 2.05) is 13.0 Å². The Morgan fingerprint density at radius 1 is 1.22 bits per heavy atom. The van der Waals surface area contributed by atoms with E-state index in [9.17, 15) is 0 Å². The maximum absolute atomic E-state index is 5.56. The van der Waals surface area contributed by atoms with Crippen molar-refractivity contribution in [3.63, 3.8) is 0 Å². The van der Waals surface area contributed by atoms with Crippen LogP contribution in [-0.4, -0.2) is 21.5 Å². The van der Waals surface area contributed by atoms with Crippen LogP contribution in [0.4, 0.5) is 5.82 Å². The SMILES string of the molecule is CCNc1cnc(COc2cncc(Br)c2)cn1. The van der Waals surface area contributed by atoms with Crippen molar-refractivity contribution in [3.05, 3.63) is 41.0 Å². The van der Waals surface area contributed by atoms with Gasteiger partial charge in [-0.05, 0) is 28.9 Å². The minimum Gasteiger partial charge on any atom is -0.486 e. The van der Waals surface area contributed by atoms with E-state index >= 15 is 0 Å². The van der Waals surface area contributed by atoms with Gasteiger partial charge in [0.1, 0.15) is 18.2 Å². The summed E-state index contributed by atoms with van der Waals surface area (Å²) >= 11 is 3.34. The number of hydrogen-bond donors (Lipinski definition) is 1. The fourth-order valence-electron chi connectivity index (χ4n) is 1.33. The molecular weight excluding hydrogens is 296 g/mol. The van der Waals surface area contributed by atoms with Crippen LogP contribution in [0.2, 0.25) is 0 Å². The summed E-state index contributed by atoms with van der Waals surface area (Å²) in [5, 5.41) is 3.09.